The summed E-state index contributed by atoms with van der Waals surface area (Å²) in [4.78, 5) is 23.8. The molecule has 0 saturated carbocycles. The minimum Gasteiger partial charge on any atom is -0.462 e. The van der Waals surface area contributed by atoms with Crippen molar-refractivity contribution in [3.63, 3.8) is 0 Å². The molecule has 1 aromatic rings. The lowest BCUT2D eigenvalue weighted by Gasteiger charge is -2.15. The molecule has 0 N–H and O–H groups in total. The molecule has 116 valence electrons. The number of hydrogen-bond acceptors (Lipinski definition) is 4. The lowest BCUT2D eigenvalue weighted by atomic mass is 10.0. The molecule has 0 radical (unpaired) electrons. The number of hydrogen-bond donors (Lipinski definition) is 0. The van der Waals surface area contributed by atoms with E-state index in [1.165, 1.54) is 12.1 Å². The van der Waals surface area contributed by atoms with Gasteiger partial charge in [-0.05, 0) is 19.1 Å². The molecule has 0 aliphatic heterocycles. The van der Waals surface area contributed by atoms with Crippen LogP contribution in [0.1, 0.15) is 34.1 Å². The van der Waals surface area contributed by atoms with Gasteiger partial charge in [-0.25, -0.2) is 4.79 Å². The molecule has 21 heavy (non-hydrogen) atoms. The van der Waals surface area contributed by atoms with Crippen LogP contribution >= 0.6 is 15.9 Å². The first kappa shape index (κ1) is 17.5. The Morgan fingerprint density at radius 2 is 1.95 bits per heavy atom. The molecule has 8 heteroatoms. The summed E-state index contributed by atoms with van der Waals surface area (Å²) in [6.07, 6.45) is -5.04. The van der Waals surface area contributed by atoms with Crippen LogP contribution in [0, 0.1) is 0 Å². The standard InChI is InChI=1S/C13H12BrF3O4/c1-2-20-12(19)8-4-3-5-10(21-13(15,16)17)11(8)9(18)6-7-14/h3-5H,2,6-7H2,1H3. The minimum atomic E-state index is -4.96. The second-order valence-corrected chi connectivity index (χ2v) is 4.60. The Kier molecular flexibility index (Phi) is 6.19. The highest BCUT2D eigenvalue weighted by Gasteiger charge is 2.34. The second-order valence-electron chi connectivity index (χ2n) is 3.81. The number of ether oxygens (including phenoxy) is 2. The fraction of sp³-hybridized carbons (Fsp3) is 0.385. The summed E-state index contributed by atoms with van der Waals surface area (Å²) in [7, 11) is 0. The smallest absolute Gasteiger partial charge is 0.462 e. The zero-order valence-corrected chi connectivity index (χ0v) is 12.6. The number of rotatable bonds is 6. The minimum absolute atomic E-state index is 0.0370. The maximum absolute atomic E-state index is 12.4. The first-order valence-corrected chi connectivity index (χ1v) is 7.07. The first-order chi connectivity index (χ1) is 9.80. The van der Waals surface area contributed by atoms with E-state index >= 15 is 0 Å². The molecule has 0 saturated heterocycles. The zero-order chi connectivity index (χ0) is 16.0. The maximum atomic E-state index is 12.4. The Bertz CT molecular complexity index is 529. The van der Waals surface area contributed by atoms with E-state index in [1.807, 2.05) is 0 Å². The van der Waals surface area contributed by atoms with Crippen LogP contribution in [0.25, 0.3) is 0 Å². The molecule has 0 atom stereocenters. The van der Waals surface area contributed by atoms with Crippen LogP contribution < -0.4 is 4.74 Å². The average molecular weight is 369 g/mol. The van der Waals surface area contributed by atoms with E-state index in [2.05, 4.69) is 20.7 Å². The van der Waals surface area contributed by atoms with Crippen LogP contribution in [0.3, 0.4) is 0 Å². The number of halogens is 4. The topological polar surface area (TPSA) is 52.6 Å². The molecule has 0 spiro atoms. The Hall–Kier alpha value is -1.57. The van der Waals surface area contributed by atoms with E-state index in [-0.39, 0.29) is 23.9 Å². The van der Waals surface area contributed by atoms with Crippen LogP contribution in [0.2, 0.25) is 0 Å². The van der Waals surface area contributed by atoms with Gasteiger partial charge in [-0.1, -0.05) is 22.0 Å². The highest BCUT2D eigenvalue weighted by Crippen LogP contribution is 2.30. The van der Waals surface area contributed by atoms with Crippen LogP contribution in [0.5, 0.6) is 5.75 Å². The number of carbonyl (C=O) groups is 2. The molecule has 4 nitrogen and oxygen atoms in total. The summed E-state index contributed by atoms with van der Waals surface area (Å²) in [5, 5.41) is 0.244. The fourth-order valence-electron chi connectivity index (χ4n) is 1.62. The van der Waals surface area contributed by atoms with Crippen molar-refractivity contribution >= 4 is 27.7 Å². The van der Waals surface area contributed by atoms with E-state index in [9.17, 15) is 22.8 Å². The fourth-order valence-corrected chi connectivity index (χ4v) is 1.98. The Balaban J connectivity index is 3.33. The van der Waals surface area contributed by atoms with Gasteiger partial charge in [0.25, 0.3) is 0 Å². The molecule has 0 heterocycles. The third-order valence-electron chi connectivity index (χ3n) is 2.35. The number of esters is 1. The second kappa shape index (κ2) is 7.44. The molecule has 0 aliphatic carbocycles. The summed E-state index contributed by atoms with van der Waals surface area (Å²) in [6, 6.07) is 3.40. The summed E-state index contributed by atoms with van der Waals surface area (Å²) >= 11 is 3.03. The third-order valence-corrected chi connectivity index (χ3v) is 2.74. The normalized spacial score (nSPS) is 11.1. The van der Waals surface area contributed by atoms with E-state index in [0.717, 1.165) is 6.07 Å². The number of benzene rings is 1. The van der Waals surface area contributed by atoms with Crippen molar-refractivity contribution in [3.05, 3.63) is 29.3 Å². The van der Waals surface area contributed by atoms with Crippen LogP contribution in [0.4, 0.5) is 13.2 Å². The summed E-state index contributed by atoms with van der Waals surface area (Å²) in [5.41, 5.74) is -0.669. The maximum Gasteiger partial charge on any atom is 0.573 e. The van der Waals surface area contributed by atoms with Crippen molar-refractivity contribution in [1.29, 1.82) is 0 Å². The molecular formula is C13H12BrF3O4. The van der Waals surface area contributed by atoms with Crippen molar-refractivity contribution in [1.82, 2.24) is 0 Å². The highest BCUT2D eigenvalue weighted by molar-refractivity contribution is 9.09. The van der Waals surface area contributed by atoms with Crippen molar-refractivity contribution in [2.75, 3.05) is 11.9 Å². The van der Waals surface area contributed by atoms with Gasteiger partial charge < -0.3 is 9.47 Å². The molecule has 0 aromatic heterocycles. The van der Waals surface area contributed by atoms with Gasteiger partial charge in [0.05, 0.1) is 17.7 Å². The van der Waals surface area contributed by atoms with Gasteiger partial charge in [-0.2, -0.15) is 0 Å². The van der Waals surface area contributed by atoms with Crippen LogP contribution in [-0.2, 0) is 4.74 Å². The molecule has 0 amide bonds. The van der Waals surface area contributed by atoms with Crippen molar-refractivity contribution in [2.45, 2.75) is 19.7 Å². The van der Waals surface area contributed by atoms with E-state index < -0.39 is 29.4 Å². The third kappa shape index (κ3) is 5.04. The van der Waals surface area contributed by atoms with Gasteiger partial charge >= 0.3 is 12.3 Å². The van der Waals surface area contributed by atoms with Gasteiger partial charge in [-0.15, -0.1) is 13.2 Å². The lowest BCUT2D eigenvalue weighted by Crippen LogP contribution is -2.21. The van der Waals surface area contributed by atoms with Gasteiger partial charge in [0, 0.05) is 11.8 Å². The Morgan fingerprint density at radius 3 is 2.48 bits per heavy atom. The number of ketones is 1. The number of carbonyl (C=O) groups excluding carboxylic acids is 2. The van der Waals surface area contributed by atoms with Gasteiger partial charge in [0.15, 0.2) is 5.78 Å². The molecule has 1 rings (SSSR count). The van der Waals surface area contributed by atoms with Gasteiger partial charge in [0.1, 0.15) is 5.75 Å². The molecule has 0 fully saturated rings. The highest BCUT2D eigenvalue weighted by atomic mass is 79.9. The zero-order valence-electron chi connectivity index (χ0n) is 11.0. The van der Waals surface area contributed by atoms with Crippen LogP contribution in [-0.4, -0.2) is 30.1 Å². The van der Waals surface area contributed by atoms with Gasteiger partial charge in [-0.3, -0.25) is 4.79 Å². The average Bonchev–Trinajstić information content (AvgIpc) is 2.37. The predicted octanol–water partition coefficient (Wildman–Crippen LogP) is 3.73. The molecular weight excluding hydrogens is 357 g/mol. The predicted molar refractivity (Wildman–Crippen MR) is 71.8 cm³/mol. The van der Waals surface area contributed by atoms with Crippen molar-refractivity contribution in [3.8, 4) is 5.75 Å². The van der Waals surface area contributed by atoms with Crippen LogP contribution in [0.15, 0.2) is 18.2 Å². The number of Topliss-reactive ketones (excluding diaryl/α,β-unsaturated/α-hetero) is 1. The summed E-state index contributed by atoms with van der Waals surface area (Å²) in [5.74, 6) is -2.23. The van der Waals surface area contributed by atoms with E-state index in [1.54, 1.807) is 6.92 Å². The number of alkyl halides is 4. The van der Waals surface area contributed by atoms with Gasteiger partial charge in [0.2, 0.25) is 0 Å². The molecule has 1 aromatic carbocycles. The first-order valence-electron chi connectivity index (χ1n) is 5.95. The van der Waals surface area contributed by atoms with E-state index in [4.69, 9.17) is 4.74 Å². The Labute approximate surface area is 127 Å². The largest absolute Gasteiger partial charge is 0.573 e. The quantitative estimate of drug-likeness (QED) is 0.436. The molecule has 0 aliphatic rings. The SMILES string of the molecule is CCOC(=O)c1cccc(OC(F)(F)F)c1C(=O)CCBr. The monoisotopic (exact) mass is 368 g/mol. The lowest BCUT2D eigenvalue weighted by molar-refractivity contribution is -0.274. The summed E-state index contributed by atoms with van der Waals surface area (Å²) < 4.78 is 45.7. The van der Waals surface area contributed by atoms with E-state index in [0.29, 0.717) is 0 Å². The molecule has 0 unspecified atom stereocenters. The van der Waals surface area contributed by atoms with Crippen molar-refractivity contribution < 1.29 is 32.2 Å². The summed E-state index contributed by atoms with van der Waals surface area (Å²) in [6.45, 7) is 1.59. The van der Waals surface area contributed by atoms with Crippen molar-refractivity contribution in [2.24, 2.45) is 0 Å². The molecule has 0 bridgehead atoms. The Morgan fingerprint density at radius 1 is 1.29 bits per heavy atom.